The SMILES string of the molecule is CC(c1cccs1)N(C)C(=O)c1csc(Br)c1. The molecule has 0 aromatic carbocycles. The highest BCUT2D eigenvalue weighted by Gasteiger charge is 2.20. The summed E-state index contributed by atoms with van der Waals surface area (Å²) in [6.45, 7) is 2.05. The normalized spacial score (nSPS) is 12.4. The molecule has 0 aliphatic rings. The zero-order valence-corrected chi connectivity index (χ0v) is 12.7. The maximum absolute atomic E-state index is 12.2. The van der Waals surface area contributed by atoms with Gasteiger partial charge in [-0.25, -0.2) is 0 Å². The van der Waals surface area contributed by atoms with Gasteiger partial charge >= 0.3 is 0 Å². The first kappa shape index (κ1) is 12.8. The maximum atomic E-state index is 12.2. The van der Waals surface area contributed by atoms with Crippen LogP contribution in [0.15, 0.2) is 32.7 Å². The van der Waals surface area contributed by atoms with Crippen LogP contribution in [-0.4, -0.2) is 17.9 Å². The number of thiophene rings is 2. The Bertz CT molecular complexity index is 506. The molecule has 2 aromatic heterocycles. The van der Waals surface area contributed by atoms with E-state index in [9.17, 15) is 4.79 Å². The van der Waals surface area contributed by atoms with E-state index in [1.165, 1.54) is 16.2 Å². The molecule has 2 heterocycles. The smallest absolute Gasteiger partial charge is 0.255 e. The van der Waals surface area contributed by atoms with Gasteiger partial charge in [0.1, 0.15) is 0 Å². The van der Waals surface area contributed by atoms with Gasteiger partial charge in [0.15, 0.2) is 0 Å². The molecule has 0 fully saturated rings. The van der Waals surface area contributed by atoms with Gasteiger partial charge in [0.2, 0.25) is 0 Å². The second kappa shape index (κ2) is 5.33. The molecule has 17 heavy (non-hydrogen) atoms. The summed E-state index contributed by atoms with van der Waals surface area (Å²) >= 11 is 6.58. The number of carbonyl (C=O) groups excluding carboxylic acids is 1. The molecule has 0 saturated heterocycles. The molecule has 2 aromatic rings. The fourth-order valence-corrected chi connectivity index (χ4v) is 3.48. The summed E-state index contributed by atoms with van der Waals surface area (Å²) in [5, 5.41) is 3.91. The van der Waals surface area contributed by atoms with Crippen molar-refractivity contribution >= 4 is 44.5 Å². The summed E-state index contributed by atoms with van der Waals surface area (Å²) in [7, 11) is 1.85. The molecule has 2 nitrogen and oxygen atoms in total. The van der Waals surface area contributed by atoms with Crippen molar-refractivity contribution in [3.8, 4) is 0 Å². The summed E-state index contributed by atoms with van der Waals surface area (Å²) in [5.74, 6) is 0.0628. The molecule has 90 valence electrons. The van der Waals surface area contributed by atoms with E-state index in [1.54, 1.807) is 16.2 Å². The first-order chi connectivity index (χ1) is 8.09. The van der Waals surface area contributed by atoms with Gasteiger partial charge in [0.25, 0.3) is 5.91 Å². The molecule has 1 amide bonds. The third-order valence-electron chi connectivity index (χ3n) is 2.67. The topological polar surface area (TPSA) is 20.3 Å². The Balaban J connectivity index is 2.15. The Morgan fingerprint density at radius 2 is 2.24 bits per heavy atom. The molecule has 5 heteroatoms. The molecule has 0 saturated carbocycles. The Kier molecular flexibility index (Phi) is 4.01. The number of halogens is 1. The summed E-state index contributed by atoms with van der Waals surface area (Å²) in [4.78, 5) is 15.2. The largest absolute Gasteiger partial charge is 0.334 e. The molecule has 0 spiro atoms. The molecule has 0 N–H and O–H groups in total. The van der Waals surface area contributed by atoms with Crippen molar-refractivity contribution in [1.29, 1.82) is 0 Å². The van der Waals surface area contributed by atoms with E-state index in [4.69, 9.17) is 0 Å². The van der Waals surface area contributed by atoms with Gasteiger partial charge < -0.3 is 4.90 Å². The Labute approximate surface area is 117 Å². The fraction of sp³-hybridized carbons (Fsp3) is 0.250. The van der Waals surface area contributed by atoms with E-state index in [1.807, 2.05) is 36.9 Å². The Hall–Kier alpha value is -0.650. The maximum Gasteiger partial charge on any atom is 0.255 e. The number of nitrogens with zero attached hydrogens (tertiary/aromatic N) is 1. The second-order valence-electron chi connectivity index (χ2n) is 3.75. The summed E-state index contributed by atoms with van der Waals surface area (Å²) in [5.41, 5.74) is 0.743. The molecule has 0 radical (unpaired) electrons. The molecule has 2 rings (SSSR count). The van der Waals surface area contributed by atoms with E-state index in [2.05, 4.69) is 22.0 Å². The predicted molar refractivity (Wildman–Crippen MR) is 76.8 cm³/mol. The van der Waals surface area contributed by atoms with E-state index in [0.717, 1.165) is 9.35 Å². The first-order valence-electron chi connectivity index (χ1n) is 5.14. The molecule has 0 aliphatic carbocycles. The van der Waals surface area contributed by atoms with Crippen LogP contribution in [0.2, 0.25) is 0 Å². The molecule has 0 aliphatic heterocycles. The number of rotatable bonds is 3. The molecule has 0 bridgehead atoms. The Morgan fingerprint density at radius 1 is 1.47 bits per heavy atom. The monoisotopic (exact) mass is 329 g/mol. The third kappa shape index (κ3) is 2.78. The van der Waals surface area contributed by atoms with Crippen molar-refractivity contribution in [3.05, 3.63) is 43.2 Å². The lowest BCUT2D eigenvalue weighted by atomic mass is 10.2. The van der Waals surface area contributed by atoms with Crippen LogP contribution < -0.4 is 0 Å². The van der Waals surface area contributed by atoms with Gasteiger partial charge in [-0.3, -0.25) is 4.79 Å². The second-order valence-corrected chi connectivity index (χ2v) is 7.02. The van der Waals surface area contributed by atoms with Gasteiger partial charge in [-0.05, 0) is 40.4 Å². The number of hydrogen-bond donors (Lipinski definition) is 0. The first-order valence-corrected chi connectivity index (χ1v) is 7.69. The highest BCUT2D eigenvalue weighted by molar-refractivity contribution is 9.11. The van der Waals surface area contributed by atoms with Gasteiger partial charge in [0, 0.05) is 17.3 Å². The average Bonchev–Trinajstić information content (AvgIpc) is 2.96. The van der Waals surface area contributed by atoms with E-state index < -0.39 is 0 Å². The molecule has 1 atom stereocenters. The van der Waals surface area contributed by atoms with Crippen LogP contribution in [0.1, 0.15) is 28.2 Å². The summed E-state index contributed by atoms with van der Waals surface area (Å²) < 4.78 is 0.984. The quantitative estimate of drug-likeness (QED) is 0.816. The van der Waals surface area contributed by atoms with Gasteiger partial charge in [0.05, 0.1) is 15.4 Å². The van der Waals surface area contributed by atoms with Crippen molar-refractivity contribution in [1.82, 2.24) is 4.90 Å². The van der Waals surface area contributed by atoms with E-state index in [0.29, 0.717) is 0 Å². The van der Waals surface area contributed by atoms with E-state index >= 15 is 0 Å². The van der Waals surface area contributed by atoms with Crippen LogP contribution >= 0.6 is 38.6 Å². The lowest BCUT2D eigenvalue weighted by molar-refractivity contribution is 0.0745. The molecule has 1 unspecified atom stereocenters. The minimum atomic E-state index is 0.0628. The number of hydrogen-bond acceptors (Lipinski definition) is 3. The lowest BCUT2D eigenvalue weighted by Gasteiger charge is -2.23. The van der Waals surface area contributed by atoms with Gasteiger partial charge in [-0.2, -0.15) is 0 Å². The Morgan fingerprint density at radius 3 is 2.76 bits per heavy atom. The van der Waals surface area contributed by atoms with Crippen LogP contribution in [-0.2, 0) is 0 Å². The van der Waals surface area contributed by atoms with Crippen LogP contribution in [0.25, 0.3) is 0 Å². The zero-order valence-electron chi connectivity index (χ0n) is 9.51. The molecular weight excluding hydrogens is 318 g/mol. The zero-order chi connectivity index (χ0) is 12.4. The fourth-order valence-electron chi connectivity index (χ4n) is 1.52. The number of carbonyl (C=O) groups is 1. The highest BCUT2D eigenvalue weighted by atomic mass is 79.9. The average molecular weight is 330 g/mol. The third-order valence-corrected chi connectivity index (χ3v) is 5.22. The molecular formula is C12H12BrNOS2. The summed E-state index contributed by atoms with van der Waals surface area (Å²) in [6, 6.07) is 6.05. The van der Waals surface area contributed by atoms with Crippen LogP contribution in [0, 0.1) is 0 Å². The predicted octanol–water partition coefficient (Wildman–Crippen LogP) is 4.41. The van der Waals surface area contributed by atoms with Gasteiger partial charge in [-0.1, -0.05) is 6.07 Å². The van der Waals surface area contributed by atoms with Crippen molar-refractivity contribution in [2.75, 3.05) is 7.05 Å². The van der Waals surface area contributed by atoms with Crippen molar-refractivity contribution in [2.45, 2.75) is 13.0 Å². The van der Waals surface area contributed by atoms with Gasteiger partial charge in [-0.15, -0.1) is 22.7 Å². The highest BCUT2D eigenvalue weighted by Crippen LogP contribution is 2.27. The summed E-state index contributed by atoms with van der Waals surface area (Å²) in [6.07, 6.45) is 0. The number of amides is 1. The van der Waals surface area contributed by atoms with E-state index in [-0.39, 0.29) is 11.9 Å². The lowest BCUT2D eigenvalue weighted by Crippen LogP contribution is -2.28. The van der Waals surface area contributed by atoms with Crippen LogP contribution in [0.3, 0.4) is 0 Å². The van der Waals surface area contributed by atoms with Crippen molar-refractivity contribution in [3.63, 3.8) is 0 Å². The van der Waals surface area contributed by atoms with Crippen molar-refractivity contribution < 1.29 is 4.79 Å². The van der Waals surface area contributed by atoms with Crippen LogP contribution in [0.4, 0.5) is 0 Å². The van der Waals surface area contributed by atoms with Crippen molar-refractivity contribution in [2.24, 2.45) is 0 Å². The standard InChI is InChI=1S/C12H12BrNOS2/c1-8(10-4-3-5-16-10)14(2)12(15)9-6-11(13)17-7-9/h3-8H,1-2H3. The van der Waals surface area contributed by atoms with Crippen LogP contribution in [0.5, 0.6) is 0 Å². The minimum absolute atomic E-state index is 0.0628. The minimum Gasteiger partial charge on any atom is -0.334 e.